The maximum absolute atomic E-state index is 11.7. The molecule has 1 atom stereocenters. The van der Waals surface area contributed by atoms with Gasteiger partial charge in [0.05, 0.1) is 12.4 Å². The summed E-state index contributed by atoms with van der Waals surface area (Å²) >= 11 is 0. The van der Waals surface area contributed by atoms with Gasteiger partial charge in [-0.15, -0.1) is 0 Å². The van der Waals surface area contributed by atoms with Crippen LogP contribution in [0.2, 0.25) is 0 Å². The summed E-state index contributed by atoms with van der Waals surface area (Å²) in [5.74, 6) is 0. The van der Waals surface area contributed by atoms with Gasteiger partial charge in [-0.3, -0.25) is 10.3 Å². The molecule has 1 aliphatic rings. The number of nitrogens with two attached hydrogens (primary N) is 1. The van der Waals surface area contributed by atoms with Gasteiger partial charge < -0.3 is 5.73 Å². The minimum absolute atomic E-state index is 0.111. The first-order valence-corrected chi connectivity index (χ1v) is 6.88. The van der Waals surface area contributed by atoms with Gasteiger partial charge in [-0.1, -0.05) is 42.5 Å². The number of hydrogen-bond acceptors (Lipinski definition) is 3. The van der Waals surface area contributed by atoms with Crippen molar-refractivity contribution in [2.45, 2.75) is 13.1 Å². The van der Waals surface area contributed by atoms with Crippen LogP contribution in [0, 0.1) is 6.92 Å². The Labute approximate surface area is 123 Å². The van der Waals surface area contributed by atoms with Gasteiger partial charge in [0.1, 0.15) is 6.17 Å². The molecule has 1 heterocycles. The molecule has 1 aliphatic heterocycles. The maximum Gasteiger partial charge on any atom is 0.334 e. The summed E-state index contributed by atoms with van der Waals surface area (Å²) in [6, 6.07) is 17.6. The third-order valence-electron chi connectivity index (χ3n) is 3.57. The van der Waals surface area contributed by atoms with E-state index in [1.807, 2.05) is 66.5 Å². The highest BCUT2D eigenvalue weighted by Gasteiger charge is 2.34. The molecule has 0 spiro atoms. The van der Waals surface area contributed by atoms with E-state index < -0.39 is 6.03 Å². The van der Waals surface area contributed by atoms with E-state index in [2.05, 4.69) is 5.32 Å². The Morgan fingerprint density at radius 2 is 1.95 bits per heavy atom. The number of anilines is 1. The molecule has 2 aromatic rings. The first-order valence-electron chi connectivity index (χ1n) is 6.88. The molecule has 21 heavy (non-hydrogen) atoms. The summed E-state index contributed by atoms with van der Waals surface area (Å²) in [4.78, 5) is 11.7. The van der Waals surface area contributed by atoms with Crippen molar-refractivity contribution in [1.82, 2.24) is 10.3 Å². The highest BCUT2D eigenvalue weighted by molar-refractivity contribution is 5.75. The smallest absolute Gasteiger partial charge is 0.334 e. The molecule has 5 heteroatoms. The topological polar surface area (TPSA) is 61.6 Å². The second-order valence-corrected chi connectivity index (χ2v) is 5.10. The van der Waals surface area contributed by atoms with Crippen LogP contribution in [0.15, 0.2) is 54.6 Å². The third-order valence-corrected chi connectivity index (χ3v) is 3.57. The SMILES string of the molecule is Cc1cccc(N2C(c3ccccc3)NCN2C(N)=O)c1. The van der Waals surface area contributed by atoms with Crippen molar-refractivity contribution in [3.8, 4) is 0 Å². The molecule has 0 aliphatic carbocycles. The molecule has 1 fully saturated rings. The van der Waals surface area contributed by atoms with Gasteiger partial charge in [-0.05, 0) is 30.2 Å². The lowest BCUT2D eigenvalue weighted by Gasteiger charge is -2.32. The van der Waals surface area contributed by atoms with E-state index in [1.165, 1.54) is 5.01 Å². The Balaban J connectivity index is 2.02. The van der Waals surface area contributed by atoms with Crippen molar-refractivity contribution >= 4 is 11.7 Å². The number of primary amides is 1. The van der Waals surface area contributed by atoms with Crippen molar-refractivity contribution in [3.63, 3.8) is 0 Å². The number of urea groups is 1. The van der Waals surface area contributed by atoms with Crippen molar-refractivity contribution in [2.75, 3.05) is 11.7 Å². The molecule has 2 aromatic carbocycles. The van der Waals surface area contributed by atoms with Gasteiger partial charge in [0.25, 0.3) is 0 Å². The van der Waals surface area contributed by atoms with Crippen LogP contribution < -0.4 is 16.1 Å². The Morgan fingerprint density at radius 3 is 2.62 bits per heavy atom. The second-order valence-electron chi connectivity index (χ2n) is 5.10. The van der Waals surface area contributed by atoms with Gasteiger partial charge in [-0.2, -0.15) is 0 Å². The Bertz CT molecular complexity index is 644. The molecule has 1 saturated heterocycles. The predicted molar refractivity (Wildman–Crippen MR) is 82.3 cm³/mol. The van der Waals surface area contributed by atoms with E-state index in [9.17, 15) is 4.79 Å². The second kappa shape index (κ2) is 5.46. The number of aryl methyl sites for hydroxylation is 1. The minimum Gasteiger partial charge on any atom is -0.350 e. The van der Waals surface area contributed by atoms with Crippen molar-refractivity contribution < 1.29 is 4.79 Å². The van der Waals surface area contributed by atoms with E-state index >= 15 is 0 Å². The number of rotatable bonds is 2. The van der Waals surface area contributed by atoms with Crippen molar-refractivity contribution in [2.24, 2.45) is 5.73 Å². The summed E-state index contributed by atoms with van der Waals surface area (Å²) in [6.07, 6.45) is -0.111. The van der Waals surface area contributed by atoms with Crippen LogP contribution in [0.3, 0.4) is 0 Å². The summed E-state index contributed by atoms with van der Waals surface area (Å²) < 4.78 is 0. The predicted octanol–water partition coefficient (Wildman–Crippen LogP) is 2.36. The zero-order chi connectivity index (χ0) is 14.8. The normalized spacial score (nSPS) is 18.0. The molecule has 108 valence electrons. The van der Waals surface area contributed by atoms with E-state index in [0.29, 0.717) is 6.67 Å². The first-order chi connectivity index (χ1) is 10.2. The molecule has 0 radical (unpaired) electrons. The fourth-order valence-electron chi connectivity index (χ4n) is 2.61. The number of amides is 2. The highest BCUT2D eigenvalue weighted by atomic mass is 16.2. The van der Waals surface area contributed by atoms with Crippen LogP contribution in [0.25, 0.3) is 0 Å². The van der Waals surface area contributed by atoms with Crippen LogP contribution in [-0.2, 0) is 0 Å². The largest absolute Gasteiger partial charge is 0.350 e. The number of benzene rings is 2. The molecule has 1 unspecified atom stereocenters. The average Bonchev–Trinajstić information content (AvgIpc) is 2.93. The number of carbonyl (C=O) groups is 1. The van der Waals surface area contributed by atoms with Crippen LogP contribution in [0.4, 0.5) is 10.5 Å². The number of carbonyl (C=O) groups excluding carboxylic acids is 1. The van der Waals surface area contributed by atoms with Crippen LogP contribution in [0.5, 0.6) is 0 Å². The highest BCUT2D eigenvalue weighted by Crippen LogP contribution is 2.31. The Hall–Kier alpha value is -2.53. The lowest BCUT2D eigenvalue weighted by Crippen LogP contribution is -2.45. The number of nitrogens with one attached hydrogen (secondary N) is 1. The molecular formula is C16H18N4O. The molecule has 0 bridgehead atoms. The lowest BCUT2D eigenvalue weighted by atomic mass is 10.1. The van der Waals surface area contributed by atoms with Crippen LogP contribution >= 0.6 is 0 Å². The average molecular weight is 282 g/mol. The first kappa shape index (κ1) is 13.5. The summed E-state index contributed by atoms with van der Waals surface area (Å²) in [5.41, 5.74) is 8.67. The van der Waals surface area contributed by atoms with Crippen molar-refractivity contribution in [3.05, 3.63) is 65.7 Å². The lowest BCUT2D eigenvalue weighted by molar-refractivity contribution is 0.212. The fraction of sp³-hybridized carbons (Fsp3) is 0.188. The number of hydrogen-bond donors (Lipinski definition) is 2. The molecular weight excluding hydrogens is 264 g/mol. The van der Waals surface area contributed by atoms with Crippen LogP contribution in [0.1, 0.15) is 17.3 Å². The third kappa shape index (κ3) is 2.55. The Morgan fingerprint density at radius 1 is 1.19 bits per heavy atom. The van der Waals surface area contributed by atoms with E-state index in [0.717, 1.165) is 16.8 Å². The van der Waals surface area contributed by atoms with Gasteiger partial charge in [0, 0.05) is 0 Å². The standard InChI is InChI=1S/C16H18N4O/c1-12-6-5-9-14(10-12)20-15(13-7-3-2-4-8-13)18-11-19(20)16(17)21/h2-10,15,18H,11H2,1H3,(H2,17,21). The minimum atomic E-state index is -0.470. The number of nitrogens with zero attached hydrogens (tertiary/aromatic N) is 2. The summed E-state index contributed by atoms with van der Waals surface area (Å²) in [7, 11) is 0. The molecule has 0 aromatic heterocycles. The fourth-order valence-corrected chi connectivity index (χ4v) is 2.61. The summed E-state index contributed by atoms with van der Waals surface area (Å²) in [6.45, 7) is 2.42. The quantitative estimate of drug-likeness (QED) is 0.889. The molecule has 3 N–H and O–H groups in total. The molecule has 0 saturated carbocycles. The van der Waals surface area contributed by atoms with Gasteiger partial charge >= 0.3 is 6.03 Å². The molecule has 3 rings (SSSR count). The maximum atomic E-state index is 11.7. The zero-order valence-electron chi connectivity index (χ0n) is 11.9. The van der Waals surface area contributed by atoms with Gasteiger partial charge in [0.2, 0.25) is 0 Å². The van der Waals surface area contributed by atoms with E-state index in [-0.39, 0.29) is 6.17 Å². The van der Waals surface area contributed by atoms with Crippen molar-refractivity contribution in [1.29, 1.82) is 0 Å². The molecule has 5 nitrogen and oxygen atoms in total. The number of hydrazine groups is 1. The van der Waals surface area contributed by atoms with E-state index in [4.69, 9.17) is 5.73 Å². The van der Waals surface area contributed by atoms with E-state index in [1.54, 1.807) is 0 Å². The zero-order valence-corrected chi connectivity index (χ0v) is 11.9. The van der Waals surface area contributed by atoms with Gasteiger partial charge in [0.15, 0.2) is 0 Å². The summed E-state index contributed by atoms with van der Waals surface area (Å²) in [5, 5.41) is 6.75. The molecule has 2 amide bonds. The Kier molecular flexibility index (Phi) is 3.50. The van der Waals surface area contributed by atoms with Gasteiger partial charge in [-0.25, -0.2) is 9.80 Å². The monoisotopic (exact) mass is 282 g/mol. The van der Waals surface area contributed by atoms with Crippen LogP contribution in [-0.4, -0.2) is 17.7 Å².